The van der Waals surface area contributed by atoms with Crippen LogP contribution >= 0.6 is 11.6 Å². The largest absolute Gasteiger partial charge is 0.333 e. The van der Waals surface area contributed by atoms with E-state index in [0.29, 0.717) is 0 Å². The van der Waals surface area contributed by atoms with Gasteiger partial charge in [-0.2, -0.15) is 0 Å². The molecule has 0 saturated heterocycles. The van der Waals surface area contributed by atoms with Gasteiger partial charge in [0.15, 0.2) is 0 Å². The van der Waals surface area contributed by atoms with Gasteiger partial charge in [-0.15, -0.1) is 11.6 Å². The summed E-state index contributed by atoms with van der Waals surface area (Å²) in [5.74, 6) is 0. The van der Waals surface area contributed by atoms with E-state index in [0.717, 1.165) is 12.8 Å². The van der Waals surface area contributed by atoms with Crippen molar-refractivity contribution < 1.29 is 0 Å². The normalized spacial score (nSPS) is 15.0. The van der Waals surface area contributed by atoms with Crippen molar-refractivity contribution in [3.63, 3.8) is 0 Å². The third kappa shape index (κ3) is 12.8. The fourth-order valence-corrected chi connectivity index (χ4v) is 0.477. The molecule has 3 nitrogen and oxygen atoms in total. The standard InChI is InChI=1S/C5H8Cl.3CH5N/c1-2-5(6)3-4-5;3*1-2/h3H,2,4H2,1H3;3*2H2,1H3. The minimum atomic E-state index is 0.139. The van der Waals surface area contributed by atoms with Gasteiger partial charge in [-0.1, -0.05) is 6.92 Å². The summed E-state index contributed by atoms with van der Waals surface area (Å²) in [6, 6.07) is 0. The van der Waals surface area contributed by atoms with E-state index in [1.165, 1.54) is 21.1 Å². The third-order valence-corrected chi connectivity index (χ3v) is 1.81. The zero-order valence-corrected chi connectivity index (χ0v) is 9.36. The van der Waals surface area contributed by atoms with Crippen LogP contribution in [0.3, 0.4) is 0 Å². The predicted octanol–water partition coefficient (Wildman–Crippen LogP) is 0.707. The van der Waals surface area contributed by atoms with Gasteiger partial charge in [0.05, 0.1) is 0 Å². The Balaban J connectivity index is -0.000000117. The van der Waals surface area contributed by atoms with Crippen molar-refractivity contribution >= 4 is 11.6 Å². The molecule has 1 unspecified atom stereocenters. The van der Waals surface area contributed by atoms with Gasteiger partial charge in [0, 0.05) is 4.87 Å². The molecule has 1 fully saturated rings. The molecule has 0 aromatic rings. The molecular formula is C8H23ClN3. The Hall–Kier alpha value is 0.170. The van der Waals surface area contributed by atoms with E-state index in [1.807, 2.05) is 0 Å². The molecule has 0 amide bonds. The lowest BCUT2D eigenvalue weighted by molar-refractivity contribution is 0.864. The van der Waals surface area contributed by atoms with Crippen molar-refractivity contribution in [2.45, 2.75) is 24.6 Å². The fraction of sp³-hybridized carbons (Fsp3) is 0.875. The number of hydrogen-bond acceptors (Lipinski definition) is 3. The van der Waals surface area contributed by atoms with E-state index in [1.54, 1.807) is 0 Å². The molecule has 0 heterocycles. The summed E-state index contributed by atoms with van der Waals surface area (Å²) in [7, 11) is 4.50. The molecule has 0 spiro atoms. The monoisotopic (exact) mass is 196 g/mol. The molecular weight excluding hydrogens is 174 g/mol. The van der Waals surface area contributed by atoms with E-state index in [2.05, 4.69) is 30.5 Å². The summed E-state index contributed by atoms with van der Waals surface area (Å²) in [5.41, 5.74) is 13.5. The zero-order chi connectivity index (χ0) is 10.6. The Morgan fingerprint density at radius 1 is 1.17 bits per heavy atom. The maximum atomic E-state index is 5.77. The molecule has 4 heteroatoms. The van der Waals surface area contributed by atoms with Crippen molar-refractivity contribution in [3.8, 4) is 0 Å². The minimum absolute atomic E-state index is 0.139. The second kappa shape index (κ2) is 13.7. The first-order chi connectivity index (χ1) is 5.77. The van der Waals surface area contributed by atoms with Crippen molar-refractivity contribution in [3.05, 3.63) is 6.42 Å². The van der Waals surface area contributed by atoms with Crippen LogP contribution in [0.5, 0.6) is 0 Å². The Labute approximate surface area is 81.6 Å². The van der Waals surface area contributed by atoms with Crippen LogP contribution in [0.2, 0.25) is 0 Å². The number of hydrogen-bond donors (Lipinski definition) is 3. The van der Waals surface area contributed by atoms with Crippen LogP contribution in [0.4, 0.5) is 0 Å². The summed E-state index contributed by atoms with van der Waals surface area (Å²) in [4.78, 5) is 0.139. The Morgan fingerprint density at radius 2 is 1.42 bits per heavy atom. The quantitative estimate of drug-likeness (QED) is 0.541. The molecule has 77 valence electrons. The van der Waals surface area contributed by atoms with Crippen molar-refractivity contribution in [1.29, 1.82) is 0 Å². The summed E-state index contributed by atoms with van der Waals surface area (Å²) in [5, 5.41) is 0. The van der Waals surface area contributed by atoms with Crippen LogP contribution in [-0.2, 0) is 0 Å². The van der Waals surface area contributed by atoms with Crippen LogP contribution < -0.4 is 17.2 Å². The lowest BCUT2D eigenvalue weighted by atomic mass is 10.3. The highest BCUT2D eigenvalue weighted by atomic mass is 35.5. The SMILES string of the molecule is CCC1(Cl)[CH]C1.CN.CN.CN. The molecule has 1 saturated carbocycles. The topological polar surface area (TPSA) is 78.1 Å². The molecule has 1 radical (unpaired) electrons. The number of nitrogens with two attached hydrogens (primary N) is 3. The second-order valence-electron chi connectivity index (χ2n) is 1.80. The zero-order valence-electron chi connectivity index (χ0n) is 8.60. The predicted molar refractivity (Wildman–Crippen MR) is 58.1 cm³/mol. The Kier molecular flexibility index (Phi) is 20.7. The molecule has 6 N–H and O–H groups in total. The first-order valence-corrected chi connectivity index (χ1v) is 4.41. The van der Waals surface area contributed by atoms with Gasteiger partial charge in [-0.05, 0) is 40.4 Å². The molecule has 1 aliphatic rings. The molecule has 1 rings (SSSR count). The fourth-order valence-electron chi connectivity index (χ4n) is 0.399. The summed E-state index contributed by atoms with van der Waals surface area (Å²) >= 11 is 5.77. The summed E-state index contributed by atoms with van der Waals surface area (Å²) in [6.45, 7) is 2.11. The first kappa shape index (κ1) is 18.1. The first-order valence-electron chi connectivity index (χ1n) is 4.03. The van der Waals surface area contributed by atoms with E-state index in [4.69, 9.17) is 11.6 Å². The van der Waals surface area contributed by atoms with Crippen LogP contribution in [-0.4, -0.2) is 26.0 Å². The van der Waals surface area contributed by atoms with Crippen LogP contribution in [0.15, 0.2) is 0 Å². The van der Waals surface area contributed by atoms with Gasteiger partial charge < -0.3 is 17.2 Å². The number of rotatable bonds is 1. The van der Waals surface area contributed by atoms with Crippen molar-refractivity contribution in [1.82, 2.24) is 0 Å². The van der Waals surface area contributed by atoms with Gasteiger partial charge in [-0.3, -0.25) is 0 Å². The maximum Gasteiger partial charge on any atom is 0.0479 e. The molecule has 12 heavy (non-hydrogen) atoms. The molecule has 1 aliphatic carbocycles. The van der Waals surface area contributed by atoms with E-state index in [9.17, 15) is 0 Å². The third-order valence-electron chi connectivity index (χ3n) is 1.23. The lowest BCUT2D eigenvalue weighted by Crippen LogP contribution is -1.90. The average molecular weight is 197 g/mol. The van der Waals surface area contributed by atoms with E-state index < -0.39 is 0 Å². The molecule has 0 aromatic heterocycles. The molecule has 0 bridgehead atoms. The minimum Gasteiger partial charge on any atom is -0.333 e. The van der Waals surface area contributed by atoms with Crippen molar-refractivity contribution in [2.75, 3.05) is 21.1 Å². The molecule has 0 aromatic carbocycles. The highest BCUT2D eigenvalue weighted by Gasteiger charge is 2.38. The van der Waals surface area contributed by atoms with E-state index >= 15 is 0 Å². The van der Waals surface area contributed by atoms with Gasteiger partial charge in [-0.25, -0.2) is 0 Å². The Morgan fingerprint density at radius 3 is 1.42 bits per heavy atom. The average Bonchev–Trinajstić information content (AvgIpc) is 2.95. The number of alkyl halides is 1. The Bertz CT molecular complexity index is 65.3. The van der Waals surface area contributed by atoms with E-state index in [-0.39, 0.29) is 4.87 Å². The highest BCUT2D eigenvalue weighted by Crippen LogP contribution is 2.43. The lowest BCUT2D eigenvalue weighted by Gasteiger charge is -1.93. The van der Waals surface area contributed by atoms with Gasteiger partial charge >= 0.3 is 0 Å². The van der Waals surface area contributed by atoms with Gasteiger partial charge in [0.1, 0.15) is 0 Å². The van der Waals surface area contributed by atoms with Crippen LogP contribution in [0.25, 0.3) is 0 Å². The number of halogens is 1. The van der Waals surface area contributed by atoms with Crippen molar-refractivity contribution in [2.24, 2.45) is 17.2 Å². The highest BCUT2D eigenvalue weighted by molar-refractivity contribution is 6.27. The second-order valence-corrected chi connectivity index (χ2v) is 2.55. The summed E-state index contributed by atoms with van der Waals surface area (Å²) in [6.07, 6.45) is 4.34. The summed E-state index contributed by atoms with van der Waals surface area (Å²) < 4.78 is 0. The van der Waals surface area contributed by atoms with Gasteiger partial charge in [0.2, 0.25) is 0 Å². The maximum absolute atomic E-state index is 5.77. The molecule has 0 aliphatic heterocycles. The smallest absolute Gasteiger partial charge is 0.0479 e. The van der Waals surface area contributed by atoms with Crippen LogP contribution in [0, 0.1) is 6.42 Å². The van der Waals surface area contributed by atoms with Gasteiger partial charge in [0.25, 0.3) is 0 Å². The molecule has 1 atom stereocenters. The van der Waals surface area contributed by atoms with Crippen LogP contribution in [0.1, 0.15) is 19.8 Å².